The van der Waals surface area contributed by atoms with Crippen molar-refractivity contribution in [2.45, 2.75) is 25.1 Å². The molecule has 1 aromatic rings. The zero-order chi connectivity index (χ0) is 13.2. The summed E-state index contributed by atoms with van der Waals surface area (Å²) in [7, 11) is 1.65. The maximum atomic E-state index is 5.86. The van der Waals surface area contributed by atoms with Crippen LogP contribution in [0.25, 0.3) is 0 Å². The van der Waals surface area contributed by atoms with Gasteiger partial charge in [-0.05, 0) is 38.4 Å². The van der Waals surface area contributed by atoms with Crippen LogP contribution in [0.15, 0.2) is 24.3 Å². The van der Waals surface area contributed by atoms with Crippen LogP contribution < -0.4 is 14.8 Å². The summed E-state index contributed by atoms with van der Waals surface area (Å²) in [4.78, 5) is 0. The molecule has 0 amide bonds. The predicted octanol–water partition coefficient (Wildman–Crippen LogP) is 3.07. The topological polar surface area (TPSA) is 30.5 Å². The van der Waals surface area contributed by atoms with Gasteiger partial charge in [0.05, 0.1) is 7.11 Å². The van der Waals surface area contributed by atoms with Crippen LogP contribution in [0.2, 0.25) is 0 Å². The molecule has 0 aliphatic rings. The first-order chi connectivity index (χ1) is 8.74. The third kappa shape index (κ3) is 6.12. The predicted molar refractivity (Wildman–Crippen MR) is 75.9 cm³/mol. The smallest absolute Gasteiger partial charge is 0.161 e. The molecule has 4 heteroatoms. The van der Waals surface area contributed by atoms with Crippen molar-refractivity contribution in [1.29, 1.82) is 0 Å². The number of alkyl halides is 1. The van der Waals surface area contributed by atoms with E-state index in [1.165, 1.54) is 0 Å². The Morgan fingerprint density at radius 1 is 1.22 bits per heavy atom. The van der Waals surface area contributed by atoms with Gasteiger partial charge < -0.3 is 14.8 Å². The number of nitrogens with one attached hydrogen (secondary N) is 1. The van der Waals surface area contributed by atoms with Crippen LogP contribution in [0.5, 0.6) is 11.5 Å². The number of rotatable bonds is 9. The molecule has 0 aliphatic carbocycles. The van der Waals surface area contributed by atoms with Gasteiger partial charge in [-0.3, -0.25) is 0 Å². The highest BCUT2D eigenvalue weighted by molar-refractivity contribution is 6.20. The van der Waals surface area contributed by atoms with Crippen molar-refractivity contribution in [3.63, 3.8) is 0 Å². The Morgan fingerprint density at radius 3 is 2.61 bits per heavy atom. The second-order valence-electron chi connectivity index (χ2n) is 4.17. The second-order valence-corrected chi connectivity index (χ2v) is 4.92. The molecule has 0 aromatic heterocycles. The molecule has 1 unspecified atom stereocenters. The highest BCUT2D eigenvalue weighted by Crippen LogP contribution is 2.25. The molecule has 0 saturated heterocycles. The second kappa shape index (κ2) is 9.06. The van der Waals surface area contributed by atoms with E-state index in [1.54, 1.807) is 7.11 Å². The number of para-hydroxylation sites is 2. The SMILES string of the molecule is COc1ccccc1OCCNCCCC(C)Cl. The summed E-state index contributed by atoms with van der Waals surface area (Å²) in [5.41, 5.74) is 0. The monoisotopic (exact) mass is 271 g/mol. The fourth-order valence-corrected chi connectivity index (χ4v) is 1.76. The molecule has 102 valence electrons. The fourth-order valence-electron chi connectivity index (χ4n) is 1.60. The van der Waals surface area contributed by atoms with Gasteiger partial charge in [-0.25, -0.2) is 0 Å². The van der Waals surface area contributed by atoms with Gasteiger partial charge in [-0.15, -0.1) is 11.6 Å². The van der Waals surface area contributed by atoms with Gasteiger partial charge in [-0.1, -0.05) is 12.1 Å². The Kier molecular flexibility index (Phi) is 7.62. The molecule has 0 saturated carbocycles. The van der Waals surface area contributed by atoms with Crippen molar-refractivity contribution >= 4 is 11.6 Å². The minimum atomic E-state index is 0.261. The standard InChI is InChI=1S/C14H22ClNO2/c1-12(15)6-5-9-16-10-11-18-14-8-4-3-7-13(14)17-2/h3-4,7-8,12,16H,5-6,9-11H2,1-2H3. The summed E-state index contributed by atoms with van der Waals surface area (Å²) < 4.78 is 10.8. The third-order valence-electron chi connectivity index (χ3n) is 2.56. The van der Waals surface area contributed by atoms with E-state index in [0.29, 0.717) is 6.61 Å². The van der Waals surface area contributed by atoms with Crippen LogP contribution in [0.1, 0.15) is 19.8 Å². The van der Waals surface area contributed by atoms with E-state index < -0.39 is 0 Å². The minimum Gasteiger partial charge on any atom is -0.493 e. The van der Waals surface area contributed by atoms with E-state index in [0.717, 1.165) is 37.4 Å². The third-order valence-corrected chi connectivity index (χ3v) is 2.78. The quantitative estimate of drug-likeness (QED) is 0.553. The lowest BCUT2D eigenvalue weighted by molar-refractivity contribution is 0.292. The summed E-state index contributed by atoms with van der Waals surface area (Å²) in [5.74, 6) is 1.56. The largest absolute Gasteiger partial charge is 0.493 e. The maximum absolute atomic E-state index is 5.86. The zero-order valence-electron chi connectivity index (χ0n) is 11.1. The van der Waals surface area contributed by atoms with Crippen LogP contribution in [-0.4, -0.2) is 32.2 Å². The molecule has 0 aliphatic heterocycles. The van der Waals surface area contributed by atoms with E-state index in [9.17, 15) is 0 Å². The molecular weight excluding hydrogens is 250 g/mol. The molecule has 0 fully saturated rings. The average Bonchev–Trinajstić information content (AvgIpc) is 2.37. The first-order valence-corrected chi connectivity index (χ1v) is 6.78. The lowest BCUT2D eigenvalue weighted by Gasteiger charge is -2.10. The molecule has 1 atom stereocenters. The Bertz CT molecular complexity index is 331. The highest BCUT2D eigenvalue weighted by Gasteiger charge is 2.01. The summed E-state index contributed by atoms with van der Waals surface area (Å²) >= 11 is 5.86. The van der Waals surface area contributed by atoms with Gasteiger partial charge >= 0.3 is 0 Å². The van der Waals surface area contributed by atoms with Gasteiger partial charge in [-0.2, -0.15) is 0 Å². The Hall–Kier alpha value is -0.930. The van der Waals surface area contributed by atoms with Crippen LogP contribution in [0.3, 0.4) is 0 Å². The number of ether oxygens (including phenoxy) is 2. The molecule has 1 N–H and O–H groups in total. The fraction of sp³-hybridized carbons (Fsp3) is 0.571. The van der Waals surface area contributed by atoms with Crippen molar-refractivity contribution in [2.24, 2.45) is 0 Å². The molecule has 18 heavy (non-hydrogen) atoms. The zero-order valence-corrected chi connectivity index (χ0v) is 11.9. The number of benzene rings is 1. The first kappa shape index (κ1) is 15.1. The number of hydrogen-bond acceptors (Lipinski definition) is 3. The Morgan fingerprint density at radius 2 is 1.94 bits per heavy atom. The summed E-state index contributed by atoms with van der Waals surface area (Å²) in [5, 5.41) is 3.58. The Labute approximate surface area is 114 Å². The van der Waals surface area contributed by atoms with Crippen molar-refractivity contribution < 1.29 is 9.47 Å². The van der Waals surface area contributed by atoms with Gasteiger partial charge in [0.15, 0.2) is 11.5 Å². The summed E-state index contributed by atoms with van der Waals surface area (Å²) in [6.07, 6.45) is 2.14. The van der Waals surface area contributed by atoms with Crippen LogP contribution in [0.4, 0.5) is 0 Å². The van der Waals surface area contributed by atoms with Gasteiger partial charge in [0.2, 0.25) is 0 Å². The first-order valence-electron chi connectivity index (χ1n) is 6.34. The van der Waals surface area contributed by atoms with E-state index in [-0.39, 0.29) is 5.38 Å². The molecule has 3 nitrogen and oxygen atoms in total. The van der Waals surface area contributed by atoms with Crippen molar-refractivity contribution in [3.05, 3.63) is 24.3 Å². The van der Waals surface area contributed by atoms with E-state index in [4.69, 9.17) is 21.1 Å². The van der Waals surface area contributed by atoms with Crippen LogP contribution >= 0.6 is 11.6 Å². The molecule has 1 aromatic carbocycles. The number of halogens is 1. The molecule has 0 heterocycles. The van der Waals surface area contributed by atoms with Gasteiger partial charge in [0.25, 0.3) is 0 Å². The molecule has 0 bridgehead atoms. The average molecular weight is 272 g/mol. The molecular formula is C14H22ClNO2. The van der Waals surface area contributed by atoms with E-state index in [1.807, 2.05) is 31.2 Å². The van der Waals surface area contributed by atoms with Crippen LogP contribution in [0, 0.1) is 0 Å². The molecule has 0 radical (unpaired) electrons. The summed E-state index contributed by atoms with van der Waals surface area (Å²) in [6.45, 7) is 4.46. The minimum absolute atomic E-state index is 0.261. The maximum Gasteiger partial charge on any atom is 0.161 e. The summed E-state index contributed by atoms with van der Waals surface area (Å²) in [6, 6.07) is 7.67. The van der Waals surface area contributed by atoms with Crippen molar-refractivity contribution in [2.75, 3.05) is 26.8 Å². The van der Waals surface area contributed by atoms with Gasteiger partial charge in [0, 0.05) is 11.9 Å². The number of methoxy groups -OCH3 is 1. The van der Waals surface area contributed by atoms with Crippen LogP contribution in [-0.2, 0) is 0 Å². The normalized spacial score (nSPS) is 12.2. The highest BCUT2D eigenvalue weighted by atomic mass is 35.5. The lowest BCUT2D eigenvalue weighted by atomic mass is 10.2. The molecule has 1 rings (SSSR count). The lowest BCUT2D eigenvalue weighted by Crippen LogP contribution is -2.22. The molecule has 0 spiro atoms. The van der Waals surface area contributed by atoms with E-state index in [2.05, 4.69) is 5.32 Å². The van der Waals surface area contributed by atoms with Crippen molar-refractivity contribution in [3.8, 4) is 11.5 Å². The van der Waals surface area contributed by atoms with Crippen molar-refractivity contribution in [1.82, 2.24) is 5.32 Å². The Balaban J connectivity index is 2.10. The van der Waals surface area contributed by atoms with E-state index >= 15 is 0 Å². The number of hydrogen-bond donors (Lipinski definition) is 1. The van der Waals surface area contributed by atoms with Gasteiger partial charge in [0.1, 0.15) is 6.61 Å².